The van der Waals surface area contributed by atoms with Gasteiger partial charge in [-0.1, -0.05) is 0 Å². The second-order valence-corrected chi connectivity index (χ2v) is 6.14. The van der Waals surface area contributed by atoms with Crippen LogP contribution in [-0.4, -0.2) is 50.3 Å². The number of hydrogen-bond acceptors (Lipinski definition) is 5. The number of halogens is 2. The molecule has 2 fully saturated rings. The third-order valence-electron chi connectivity index (χ3n) is 4.33. The molecule has 4 unspecified atom stereocenters. The summed E-state index contributed by atoms with van der Waals surface area (Å²) >= 11 is 0. The molecule has 0 spiro atoms. The zero-order valence-electron chi connectivity index (χ0n) is 12.7. The minimum absolute atomic E-state index is 0.377. The monoisotopic (exact) mass is 326 g/mol. The van der Waals surface area contributed by atoms with Crippen LogP contribution in [0.5, 0.6) is 0 Å². The number of hydrogen-bond donors (Lipinski definition) is 4. The van der Waals surface area contributed by atoms with Crippen molar-refractivity contribution in [2.45, 2.75) is 38.4 Å². The van der Waals surface area contributed by atoms with Gasteiger partial charge in [-0.15, -0.1) is 0 Å². The van der Waals surface area contributed by atoms with Crippen LogP contribution in [0.3, 0.4) is 0 Å². The average molecular weight is 326 g/mol. The number of H-pyrrole nitrogens is 1. The summed E-state index contributed by atoms with van der Waals surface area (Å²) < 4.78 is 24.1. The van der Waals surface area contributed by atoms with Crippen molar-refractivity contribution < 1.29 is 19.0 Å². The molecule has 4 atom stereocenters. The molecule has 4 rings (SSSR count). The first-order valence-corrected chi connectivity index (χ1v) is 7.64. The highest BCUT2D eigenvalue weighted by Gasteiger charge is 2.52. The number of rotatable bonds is 3. The number of pyridine rings is 1. The lowest BCUT2D eigenvalue weighted by molar-refractivity contribution is 0.0252. The second-order valence-electron chi connectivity index (χ2n) is 6.14. The molecule has 2 saturated carbocycles. The number of nitrogens with one attached hydrogen (secondary N) is 2. The van der Waals surface area contributed by atoms with Crippen molar-refractivity contribution in [3.63, 3.8) is 0 Å². The van der Waals surface area contributed by atoms with Gasteiger partial charge in [-0.25, -0.2) is 18.7 Å². The van der Waals surface area contributed by atoms with Gasteiger partial charge >= 0.3 is 0 Å². The smallest absolute Gasteiger partial charge is 0.255 e. The third kappa shape index (κ3) is 3.59. The fourth-order valence-electron chi connectivity index (χ4n) is 3.07. The fraction of sp³-hybridized carbons (Fsp3) is 0.600. The second kappa shape index (κ2) is 6.37. The highest BCUT2D eigenvalue weighted by atomic mass is 19.3. The van der Waals surface area contributed by atoms with Gasteiger partial charge in [0, 0.05) is 5.69 Å². The van der Waals surface area contributed by atoms with E-state index in [9.17, 15) is 8.78 Å². The lowest BCUT2D eigenvalue weighted by Gasteiger charge is -2.08. The zero-order valence-corrected chi connectivity index (χ0v) is 12.7. The molecule has 0 amide bonds. The summed E-state index contributed by atoms with van der Waals surface area (Å²) in [6.07, 6.45) is 0.310. The zero-order chi connectivity index (χ0) is 16.6. The Balaban J connectivity index is 0.000000162. The summed E-state index contributed by atoms with van der Waals surface area (Å²) in [4.78, 5) is 11.0. The van der Waals surface area contributed by atoms with E-state index in [-0.39, 0.29) is 12.6 Å². The summed E-state index contributed by atoms with van der Waals surface area (Å²) in [5.74, 6) is 1.13. The fourth-order valence-corrected chi connectivity index (χ4v) is 3.07. The van der Waals surface area contributed by atoms with Crippen LogP contribution in [0, 0.1) is 18.8 Å². The Hall–Kier alpha value is -1.80. The maximum absolute atomic E-state index is 12.0. The summed E-state index contributed by atoms with van der Waals surface area (Å²) in [5.41, 5.74) is 2.54. The number of aliphatic hydroxyl groups excluding tert-OH is 2. The summed E-state index contributed by atoms with van der Waals surface area (Å²) in [7, 11) is 0. The van der Waals surface area contributed by atoms with E-state index in [1.54, 1.807) is 13.0 Å². The maximum atomic E-state index is 12.0. The molecule has 2 aromatic heterocycles. The van der Waals surface area contributed by atoms with Gasteiger partial charge in [0.25, 0.3) is 6.43 Å². The van der Waals surface area contributed by atoms with Crippen molar-refractivity contribution in [3.8, 4) is 0 Å². The van der Waals surface area contributed by atoms with Crippen molar-refractivity contribution in [1.29, 1.82) is 0 Å². The van der Waals surface area contributed by atoms with Gasteiger partial charge in [-0.05, 0) is 37.7 Å². The van der Waals surface area contributed by atoms with E-state index >= 15 is 0 Å². The molecule has 8 heteroatoms. The number of fused-ring (bicyclic) bond motifs is 2. The van der Waals surface area contributed by atoms with Crippen LogP contribution in [0.15, 0.2) is 12.4 Å². The molecular formula is C15H20F2N4O2. The number of aryl methyl sites for hydroxylation is 1. The van der Waals surface area contributed by atoms with E-state index in [0.717, 1.165) is 18.5 Å². The van der Waals surface area contributed by atoms with Gasteiger partial charge in [-0.3, -0.25) is 0 Å². The number of anilines is 1. The van der Waals surface area contributed by atoms with Crippen molar-refractivity contribution >= 4 is 16.9 Å². The Morgan fingerprint density at radius 2 is 2.17 bits per heavy atom. The summed E-state index contributed by atoms with van der Waals surface area (Å²) in [5, 5.41) is 20.7. The first kappa shape index (κ1) is 16.1. The molecule has 126 valence electrons. The Morgan fingerprint density at radius 3 is 2.74 bits per heavy atom. The molecule has 2 heterocycles. The minimum atomic E-state index is -2.38. The molecule has 2 aliphatic carbocycles. The van der Waals surface area contributed by atoms with Crippen LogP contribution in [-0.2, 0) is 0 Å². The number of nitrogens with zero attached hydrogens (tertiary/aromatic N) is 2. The molecule has 0 aliphatic heterocycles. The van der Waals surface area contributed by atoms with Crippen molar-refractivity contribution in [3.05, 3.63) is 18.1 Å². The molecule has 2 aromatic rings. The Bertz CT molecular complexity index is 677. The SMILES string of the molecule is Cc1cc(NCC(F)F)c2[nH]cnc2n1.OC1CC2CC2C1O. The average Bonchev–Trinajstić information content (AvgIpc) is 2.98. The first-order valence-electron chi connectivity index (χ1n) is 7.64. The van der Waals surface area contributed by atoms with Crippen molar-refractivity contribution in [2.75, 3.05) is 11.9 Å². The lowest BCUT2D eigenvalue weighted by Crippen LogP contribution is -2.22. The third-order valence-corrected chi connectivity index (χ3v) is 4.33. The molecule has 23 heavy (non-hydrogen) atoms. The van der Waals surface area contributed by atoms with Crippen LogP contribution in [0.2, 0.25) is 0 Å². The van der Waals surface area contributed by atoms with Crippen LogP contribution >= 0.6 is 0 Å². The van der Waals surface area contributed by atoms with Crippen LogP contribution < -0.4 is 5.32 Å². The van der Waals surface area contributed by atoms with Gasteiger partial charge in [0.15, 0.2) is 5.65 Å². The molecule has 0 aromatic carbocycles. The largest absolute Gasteiger partial charge is 0.390 e. The standard InChI is InChI=1S/C9H10F2N4.C6H10O2/c1-5-2-6(12-3-7(10)11)8-9(15-5)14-4-13-8;7-5-2-3-1-4(3)6(5)8/h2,4,7H,3H2,1H3,(H2,12,13,14,15);3-8H,1-2H2. The maximum Gasteiger partial charge on any atom is 0.255 e. The Morgan fingerprint density at radius 1 is 1.39 bits per heavy atom. The van der Waals surface area contributed by atoms with E-state index in [0.29, 0.717) is 28.7 Å². The molecule has 0 radical (unpaired) electrons. The van der Waals surface area contributed by atoms with E-state index < -0.39 is 12.5 Å². The van der Waals surface area contributed by atoms with Crippen molar-refractivity contribution in [2.24, 2.45) is 11.8 Å². The summed E-state index contributed by atoms with van der Waals surface area (Å²) in [6.45, 7) is 1.42. The van der Waals surface area contributed by atoms with E-state index in [1.807, 2.05) is 0 Å². The van der Waals surface area contributed by atoms with Gasteiger partial charge in [0.2, 0.25) is 0 Å². The van der Waals surface area contributed by atoms with E-state index in [2.05, 4.69) is 20.3 Å². The van der Waals surface area contributed by atoms with Crippen molar-refractivity contribution in [1.82, 2.24) is 15.0 Å². The molecule has 4 N–H and O–H groups in total. The van der Waals surface area contributed by atoms with Crippen LogP contribution in [0.1, 0.15) is 18.5 Å². The minimum Gasteiger partial charge on any atom is -0.390 e. The normalized spacial score (nSPS) is 28.4. The van der Waals surface area contributed by atoms with Gasteiger partial charge < -0.3 is 20.5 Å². The number of aromatic amines is 1. The predicted molar refractivity (Wildman–Crippen MR) is 81.3 cm³/mol. The topological polar surface area (TPSA) is 94.1 Å². The predicted octanol–water partition coefficient (Wildman–Crippen LogP) is 1.69. The molecule has 0 bridgehead atoms. The van der Waals surface area contributed by atoms with Gasteiger partial charge in [0.05, 0.1) is 30.8 Å². The number of aromatic nitrogens is 3. The molecular weight excluding hydrogens is 306 g/mol. The van der Waals surface area contributed by atoms with Gasteiger partial charge in [0.1, 0.15) is 5.52 Å². The molecule has 6 nitrogen and oxygen atoms in total. The number of alkyl halides is 2. The highest BCUT2D eigenvalue weighted by Crippen LogP contribution is 2.51. The quantitative estimate of drug-likeness (QED) is 0.689. The van der Waals surface area contributed by atoms with Crippen LogP contribution in [0.25, 0.3) is 11.2 Å². The number of aliphatic hydroxyl groups is 2. The van der Waals surface area contributed by atoms with E-state index in [1.165, 1.54) is 6.33 Å². The molecule has 2 aliphatic rings. The highest BCUT2D eigenvalue weighted by molar-refractivity contribution is 5.85. The lowest BCUT2D eigenvalue weighted by atomic mass is 10.2. The Labute approximate surface area is 132 Å². The van der Waals surface area contributed by atoms with Gasteiger partial charge in [-0.2, -0.15) is 0 Å². The van der Waals surface area contributed by atoms with Crippen LogP contribution in [0.4, 0.5) is 14.5 Å². The first-order chi connectivity index (χ1) is 11.0. The van der Waals surface area contributed by atoms with E-state index in [4.69, 9.17) is 10.2 Å². The Kier molecular flexibility index (Phi) is 4.45. The summed E-state index contributed by atoms with van der Waals surface area (Å²) in [6, 6.07) is 1.71. The number of imidazole rings is 1. The molecule has 0 saturated heterocycles.